The molecule has 0 amide bonds. The van der Waals surface area contributed by atoms with E-state index in [0.29, 0.717) is 5.41 Å². The van der Waals surface area contributed by atoms with Crippen LogP contribution in [0.15, 0.2) is 30.3 Å². The first kappa shape index (κ1) is 17.6. The van der Waals surface area contributed by atoms with Crippen LogP contribution in [0.4, 0.5) is 0 Å². The number of hydrogen-bond acceptors (Lipinski definition) is 2. The summed E-state index contributed by atoms with van der Waals surface area (Å²) < 4.78 is 0. The van der Waals surface area contributed by atoms with E-state index in [9.17, 15) is 5.11 Å². The van der Waals surface area contributed by atoms with Crippen LogP contribution in [0.3, 0.4) is 0 Å². The summed E-state index contributed by atoms with van der Waals surface area (Å²) in [4.78, 5) is 0. The molecule has 1 N–H and O–H groups in total. The average Bonchev–Trinajstić information content (AvgIpc) is 2.51. The number of hydrogen-bond donors (Lipinski definition) is 1. The van der Waals surface area contributed by atoms with Gasteiger partial charge in [-0.25, -0.2) is 0 Å². The van der Waals surface area contributed by atoms with Gasteiger partial charge in [0.1, 0.15) is 0 Å². The summed E-state index contributed by atoms with van der Waals surface area (Å²) in [5.41, 5.74) is 1.42. The Kier molecular flexibility index (Phi) is 5.29. The van der Waals surface area contributed by atoms with E-state index in [1.807, 2.05) is 30.3 Å². The van der Waals surface area contributed by atoms with E-state index in [1.54, 1.807) is 0 Å². The normalized spacial score (nSPS) is 37.2. The maximum Gasteiger partial charge on any atom is 1.00 e. The van der Waals surface area contributed by atoms with E-state index in [-0.39, 0.29) is 24.9 Å². The minimum atomic E-state index is -0.657. The molecule has 4 fully saturated rings. The van der Waals surface area contributed by atoms with Gasteiger partial charge in [-0.3, -0.25) is 0 Å². The van der Waals surface area contributed by atoms with Crippen LogP contribution in [0.5, 0.6) is 0 Å². The van der Waals surface area contributed by atoms with Gasteiger partial charge in [0.2, 0.25) is 0 Å². The Hall–Kier alpha value is -0.263. The van der Waals surface area contributed by atoms with Crippen LogP contribution in [0.1, 0.15) is 57.1 Å². The van der Waals surface area contributed by atoms with Crippen LogP contribution >= 0.6 is 0 Å². The Balaban J connectivity index is 0.00000156. The summed E-state index contributed by atoms with van der Waals surface area (Å²) in [7, 11) is 0. The van der Waals surface area contributed by atoms with Gasteiger partial charge < -0.3 is 10.4 Å². The molecule has 3 heteroatoms. The van der Waals surface area contributed by atoms with Crippen molar-refractivity contribution in [1.82, 2.24) is 5.32 Å². The van der Waals surface area contributed by atoms with Crippen molar-refractivity contribution in [3.63, 3.8) is 0 Å². The van der Waals surface area contributed by atoms with Gasteiger partial charge in [0, 0.05) is 6.54 Å². The second-order valence-electron chi connectivity index (χ2n) is 8.42. The fraction of sp³-hybridized carbons (Fsp3) is 0.700. The molecule has 1 aromatic carbocycles. The smallest absolute Gasteiger partial charge is 0.847 e. The Morgan fingerprint density at radius 3 is 2.09 bits per heavy atom. The van der Waals surface area contributed by atoms with E-state index in [2.05, 4.69) is 12.2 Å². The van der Waals surface area contributed by atoms with Gasteiger partial charge in [-0.1, -0.05) is 48.9 Å². The summed E-state index contributed by atoms with van der Waals surface area (Å²) in [6.07, 6.45) is 8.04. The van der Waals surface area contributed by atoms with Crippen LogP contribution in [0.25, 0.3) is 0 Å². The Morgan fingerprint density at radius 2 is 1.57 bits per heavy atom. The summed E-state index contributed by atoms with van der Waals surface area (Å²) in [5.74, 6) is 2.96. The van der Waals surface area contributed by atoms with Crippen molar-refractivity contribution in [2.24, 2.45) is 23.2 Å². The average molecular weight is 305 g/mol. The molecular weight excluding hydrogens is 277 g/mol. The van der Waals surface area contributed by atoms with Crippen LogP contribution in [-0.2, 0) is 0 Å². The quantitative estimate of drug-likeness (QED) is 0.794. The largest absolute Gasteiger partial charge is 1.00 e. The minimum absolute atomic E-state index is 0. The van der Waals surface area contributed by atoms with Gasteiger partial charge in [0.15, 0.2) is 0 Å². The van der Waals surface area contributed by atoms with Gasteiger partial charge in [0.05, 0.1) is 0 Å². The van der Waals surface area contributed by atoms with E-state index in [0.717, 1.165) is 29.9 Å². The number of rotatable bonds is 5. The summed E-state index contributed by atoms with van der Waals surface area (Å²) in [6, 6.07) is 9.83. The van der Waals surface area contributed by atoms with Gasteiger partial charge in [0.25, 0.3) is 0 Å². The summed E-state index contributed by atoms with van der Waals surface area (Å²) in [5, 5.41) is 16.2. The van der Waals surface area contributed by atoms with Gasteiger partial charge in [-0.15, -0.1) is 0 Å². The topological polar surface area (TPSA) is 35.1 Å². The fourth-order valence-electron chi connectivity index (χ4n) is 5.92. The first-order chi connectivity index (χ1) is 10.6. The molecule has 4 bridgehead atoms. The first-order valence-electron chi connectivity index (χ1n) is 9.08. The molecule has 0 unspecified atom stereocenters. The second kappa shape index (κ2) is 6.93. The SMILES string of the molecule is C[C@H](NCC12CC3CC(CC(C3)C1)C2)[C@H]([O-])c1ccccc1.[Li+]. The zero-order valence-corrected chi connectivity index (χ0v) is 14.6. The Morgan fingerprint density at radius 1 is 1.04 bits per heavy atom. The molecule has 23 heavy (non-hydrogen) atoms. The zero-order chi connectivity index (χ0) is 15.2. The van der Waals surface area contributed by atoms with E-state index >= 15 is 0 Å². The van der Waals surface area contributed by atoms with Crippen molar-refractivity contribution in [2.75, 3.05) is 6.54 Å². The van der Waals surface area contributed by atoms with Crippen molar-refractivity contribution in [3.05, 3.63) is 35.9 Å². The van der Waals surface area contributed by atoms with E-state index in [4.69, 9.17) is 0 Å². The molecule has 2 nitrogen and oxygen atoms in total. The van der Waals surface area contributed by atoms with Crippen molar-refractivity contribution < 1.29 is 24.0 Å². The molecule has 0 aliphatic heterocycles. The van der Waals surface area contributed by atoms with Gasteiger partial charge >= 0.3 is 18.9 Å². The predicted octanol–water partition coefficient (Wildman–Crippen LogP) is 0.287. The van der Waals surface area contributed by atoms with Gasteiger partial charge in [-0.05, 0) is 67.7 Å². The van der Waals surface area contributed by atoms with Crippen LogP contribution in [0.2, 0.25) is 0 Å². The third-order valence-corrected chi connectivity index (χ3v) is 6.55. The standard InChI is InChI=1S/C20H28NO.Li/c1-14(19(22)18-5-3-2-4-6-18)21-13-20-10-15-7-16(11-20)9-17(8-15)12-20;/h2-6,14-17,19,21H,7-13H2,1H3;/q-1;+1/t14-,15?,16?,17?,19-,20?;/m0./s1. The maximum absolute atomic E-state index is 12.6. The summed E-state index contributed by atoms with van der Waals surface area (Å²) in [6.45, 7) is 3.12. The molecule has 5 rings (SSSR count). The maximum atomic E-state index is 12.6. The monoisotopic (exact) mass is 305 g/mol. The first-order valence-corrected chi connectivity index (χ1v) is 9.08. The molecule has 4 saturated carbocycles. The third-order valence-electron chi connectivity index (χ3n) is 6.55. The molecule has 0 heterocycles. The molecule has 2 atom stereocenters. The molecule has 0 aromatic heterocycles. The molecular formula is C20H28LiNO. The molecule has 4 aliphatic rings. The molecule has 1 aromatic rings. The Labute approximate surface area is 152 Å². The predicted molar refractivity (Wildman–Crippen MR) is 87.3 cm³/mol. The number of nitrogens with one attached hydrogen (secondary N) is 1. The van der Waals surface area contributed by atoms with Crippen molar-refractivity contribution in [1.29, 1.82) is 0 Å². The minimum Gasteiger partial charge on any atom is -0.847 e. The Bertz CT molecular complexity index is 482. The molecule has 0 radical (unpaired) electrons. The fourth-order valence-corrected chi connectivity index (χ4v) is 5.92. The zero-order valence-electron chi connectivity index (χ0n) is 14.6. The van der Waals surface area contributed by atoms with E-state index in [1.165, 1.54) is 38.5 Å². The van der Waals surface area contributed by atoms with Crippen molar-refractivity contribution >= 4 is 0 Å². The third kappa shape index (κ3) is 3.57. The van der Waals surface area contributed by atoms with Crippen molar-refractivity contribution in [2.45, 2.75) is 57.6 Å². The summed E-state index contributed by atoms with van der Waals surface area (Å²) >= 11 is 0. The molecule has 0 spiro atoms. The van der Waals surface area contributed by atoms with Crippen LogP contribution in [-0.4, -0.2) is 12.6 Å². The van der Waals surface area contributed by atoms with Crippen LogP contribution < -0.4 is 29.3 Å². The molecule has 120 valence electrons. The second-order valence-corrected chi connectivity index (χ2v) is 8.42. The van der Waals surface area contributed by atoms with Gasteiger partial charge in [-0.2, -0.15) is 0 Å². The van der Waals surface area contributed by atoms with Crippen molar-refractivity contribution in [3.8, 4) is 0 Å². The number of benzene rings is 1. The van der Waals surface area contributed by atoms with Crippen LogP contribution in [0, 0.1) is 23.2 Å². The molecule has 0 saturated heterocycles. The molecule has 4 aliphatic carbocycles. The van der Waals surface area contributed by atoms with E-state index < -0.39 is 6.10 Å².